The summed E-state index contributed by atoms with van der Waals surface area (Å²) in [5.74, 6) is 0. The van der Waals surface area contributed by atoms with Gasteiger partial charge in [0.1, 0.15) is 0 Å². The maximum absolute atomic E-state index is 10.1. The molecule has 1 unspecified atom stereocenters. The van der Waals surface area contributed by atoms with Gasteiger partial charge in [0.05, 0.1) is 6.10 Å². The molecule has 0 aromatic heterocycles. The van der Waals surface area contributed by atoms with Crippen LogP contribution in [0.25, 0.3) is 0 Å². The lowest BCUT2D eigenvalue weighted by molar-refractivity contribution is 0.164. The zero-order valence-corrected chi connectivity index (χ0v) is 11.8. The fraction of sp³-hybridized carbons (Fsp3) is 0.333. The summed E-state index contributed by atoms with van der Waals surface area (Å²) in [5.41, 5.74) is 5.08. The van der Waals surface area contributed by atoms with E-state index in [-0.39, 0.29) is 6.10 Å². The fourth-order valence-electron chi connectivity index (χ4n) is 2.40. The van der Waals surface area contributed by atoms with Crippen molar-refractivity contribution in [2.45, 2.75) is 39.2 Å². The Labute approximate surface area is 115 Å². The highest BCUT2D eigenvalue weighted by Crippen LogP contribution is 2.20. The molecule has 1 heteroatoms. The van der Waals surface area contributed by atoms with Crippen molar-refractivity contribution in [3.63, 3.8) is 0 Å². The summed E-state index contributed by atoms with van der Waals surface area (Å²) in [7, 11) is 0. The second-order valence-electron chi connectivity index (χ2n) is 5.25. The van der Waals surface area contributed by atoms with Crippen LogP contribution in [0.5, 0.6) is 0 Å². The third-order valence-corrected chi connectivity index (χ3v) is 3.61. The average molecular weight is 254 g/mol. The van der Waals surface area contributed by atoms with E-state index in [2.05, 4.69) is 32.0 Å². The van der Waals surface area contributed by atoms with Crippen molar-refractivity contribution >= 4 is 0 Å². The molecule has 0 amide bonds. The first-order chi connectivity index (χ1) is 9.16. The number of hydrogen-bond donors (Lipinski definition) is 1. The Bertz CT molecular complexity index is 516. The van der Waals surface area contributed by atoms with Gasteiger partial charge < -0.3 is 5.11 Å². The Kier molecular flexibility index (Phi) is 4.75. The molecule has 1 nitrogen and oxygen atoms in total. The predicted molar refractivity (Wildman–Crippen MR) is 80.3 cm³/mol. The van der Waals surface area contributed by atoms with E-state index in [0.717, 1.165) is 24.8 Å². The first-order valence-corrected chi connectivity index (χ1v) is 6.96. The van der Waals surface area contributed by atoms with E-state index in [0.29, 0.717) is 0 Å². The van der Waals surface area contributed by atoms with Crippen LogP contribution in [0, 0.1) is 13.8 Å². The van der Waals surface area contributed by atoms with Gasteiger partial charge in [0.15, 0.2) is 0 Å². The van der Waals surface area contributed by atoms with E-state index in [1.807, 2.05) is 30.3 Å². The molecule has 1 atom stereocenters. The first kappa shape index (κ1) is 13.8. The van der Waals surface area contributed by atoms with Crippen LogP contribution in [0.15, 0.2) is 48.5 Å². The topological polar surface area (TPSA) is 20.2 Å². The van der Waals surface area contributed by atoms with Crippen molar-refractivity contribution < 1.29 is 5.11 Å². The van der Waals surface area contributed by atoms with Gasteiger partial charge in [-0.1, -0.05) is 54.1 Å². The van der Waals surface area contributed by atoms with Crippen LogP contribution in [0.3, 0.4) is 0 Å². The van der Waals surface area contributed by atoms with Gasteiger partial charge in [0, 0.05) is 0 Å². The fourth-order valence-corrected chi connectivity index (χ4v) is 2.40. The monoisotopic (exact) mass is 254 g/mol. The molecule has 0 saturated carbocycles. The van der Waals surface area contributed by atoms with E-state index in [1.54, 1.807) is 0 Å². The SMILES string of the molecule is Cc1ccc(C)c(CCCC(O)c2ccccc2)c1. The summed E-state index contributed by atoms with van der Waals surface area (Å²) >= 11 is 0. The second kappa shape index (κ2) is 6.53. The number of benzene rings is 2. The molecule has 100 valence electrons. The molecular weight excluding hydrogens is 232 g/mol. The van der Waals surface area contributed by atoms with Crippen LogP contribution in [0.4, 0.5) is 0 Å². The molecule has 0 aliphatic carbocycles. The Morgan fingerprint density at radius 1 is 1.00 bits per heavy atom. The summed E-state index contributed by atoms with van der Waals surface area (Å²) < 4.78 is 0. The van der Waals surface area contributed by atoms with Gasteiger partial charge in [-0.3, -0.25) is 0 Å². The molecule has 2 aromatic rings. The van der Waals surface area contributed by atoms with Crippen LogP contribution >= 0.6 is 0 Å². The Balaban J connectivity index is 1.88. The lowest BCUT2D eigenvalue weighted by Crippen LogP contribution is -1.99. The van der Waals surface area contributed by atoms with Crippen molar-refractivity contribution in [2.24, 2.45) is 0 Å². The smallest absolute Gasteiger partial charge is 0.0790 e. The van der Waals surface area contributed by atoms with E-state index in [9.17, 15) is 5.11 Å². The summed E-state index contributed by atoms with van der Waals surface area (Å²) in [6.07, 6.45) is 2.53. The van der Waals surface area contributed by atoms with E-state index >= 15 is 0 Å². The van der Waals surface area contributed by atoms with Gasteiger partial charge in [-0.25, -0.2) is 0 Å². The zero-order chi connectivity index (χ0) is 13.7. The van der Waals surface area contributed by atoms with Crippen LogP contribution < -0.4 is 0 Å². The van der Waals surface area contributed by atoms with Gasteiger partial charge in [-0.15, -0.1) is 0 Å². The molecule has 19 heavy (non-hydrogen) atoms. The largest absolute Gasteiger partial charge is 0.388 e. The highest BCUT2D eigenvalue weighted by atomic mass is 16.3. The average Bonchev–Trinajstić information content (AvgIpc) is 2.43. The Hall–Kier alpha value is -1.60. The molecule has 0 aliphatic rings. The molecule has 0 fully saturated rings. The molecule has 0 spiro atoms. The minimum Gasteiger partial charge on any atom is -0.388 e. The minimum atomic E-state index is -0.341. The quantitative estimate of drug-likeness (QED) is 0.840. The highest BCUT2D eigenvalue weighted by molar-refractivity contribution is 5.30. The molecule has 2 rings (SSSR count). The number of aliphatic hydroxyl groups excluding tert-OH is 1. The molecule has 0 saturated heterocycles. The zero-order valence-electron chi connectivity index (χ0n) is 11.8. The maximum Gasteiger partial charge on any atom is 0.0790 e. The Morgan fingerprint density at radius 2 is 1.74 bits per heavy atom. The van der Waals surface area contributed by atoms with Gasteiger partial charge in [0.2, 0.25) is 0 Å². The predicted octanol–water partition coefficient (Wildman–Crippen LogP) is 4.36. The maximum atomic E-state index is 10.1. The third-order valence-electron chi connectivity index (χ3n) is 3.61. The van der Waals surface area contributed by atoms with E-state index < -0.39 is 0 Å². The number of aliphatic hydroxyl groups is 1. The van der Waals surface area contributed by atoms with Crippen LogP contribution in [0.2, 0.25) is 0 Å². The van der Waals surface area contributed by atoms with Crippen molar-refractivity contribution in [2.75, 3.05) is 0 Å². The molecule has 0 radical (unpaired) electrons. The number of aryl methyl sites for hydroxylation is 3. The second-order valence-corrected chi connectivity index (χ2v) is 5.25. The molecule has 2 aromatic carbocycles. The highest BCUT2D eigenvalue weighted by Gasteiger charge is 2.07. The normalized spacial score (nSPS) is 12.4. The molecular formula is C18H22O. The van der Waals surface area contributed by atoms with Crippen molar-refractivity contribution in [3.8, 4) is 0 Å². The number of rotatable bonds is 5. The van der Waals surface area contributed by atoms with Gasteiger partial charge >= 0.3 is 0 Å². The van der Waals surface area contributed by atoms with Crippen molar-refractivity contribution in [3.05, 3.63) is 70.8 Å². The molecule has 0 bridgehead atoms. The van der Waals surface area contributed by atoms with Crippen molar-refractivity contribution in [1.82, 2.24) is 0 Å². The van der Waals surface area contributed by atoms with E-state index in [1.165, 1.54) is 16.7 Å². The van der Waals surface area contributed by atoms with Gasteiger partial charge in [-0.2, -0.15) is 0 Å². The van der Waals surface area contributed by atoms with Crippen molar-refractivity contribution in [1.29, 1.82) is 0 Å². The summed E-state index contributed by atoms with van der Waals surface area (Å²) in [5, 5.41) is 10.1. The lowest BCUT2D eigenvalue weighted by Gasteiger charge is -2.12. The van der Waals surface area contributed by atoms with E-state index in [4.69, 9.17) is 0 Å². The third kappa shape index (κ3) is 3.93. The standard InChI is InChI=1S/C18H22O/c1-14-11-12-15(2)17(13-14)9-6-10-18(19)16-7-4-3-5-8-16/h3-5,7-8,11-13,18-19H,6,9-10H2,1-2H3. The summed E-state index contributed by atoms with van der Waals surface area (Å²) in [6, 6.07) is 16.5. The molecule has 0 aliphatic heterocycles. The lowest BCUT2D eigenvalue weighted by atomic mass is 9.98. The van der Waals surface area contributed by atoms with Gasteiger partial charge in [0.25, 0.3) is 0 Å². The first-order valence-electron chi connectivity index (χ1n) is 6.96. The summed E-state index contributed by atoms with van der Waals surface area (Å²) in [6.45, 7) is 4.28. The summed E-state index contributed by atoms with van der Waals surface area (Å²) in [4.78, 5) is 0. The molecule has 1 N–H and O–H groups in total. The number of hydrogen-bond acceptors (Lipinski definition) is 1. The minimum absolute atomic E-state index is 0.341. The van der Waals surface area contributed by atoms with Crippen LogP contribution in [-0.4, -0.2) is 5.11 Å². The molecule has 0 heterocycles. The van der Waals surface area contributed by atoms with Crippen LogP contribution in [0.1, 0.15) is 41.2 Å². The Morgan fingerprint density at radius 3 is 2.47 bits per heavy atom. The van der Waals surface area contributed by atoms with Gasteiger partial charge in [-0.05, 0) is 49.8 Å². The van der Waals surface area contributed by atoms with Crippen LogP contribution in [-0.2, 0) is 6.42 Å².